The molecule has 94 valence electrons. The first-order chi connectivity index (χ1) is 9.25. The Hall–Kier alpha value is -2.19. The van der Waals surface area contributed by atoms with Crippen LogP contribution in [0.3, 0.4) is 0 Å². The van der Waals surface area contributed by atoms with Crippen molar-refractivity contribution in [2.24, 2.45) is 5.73 Å². The third-order valence-electron chi connectivity index (χ3n) is 3.51. The lowest BCUT2D eigenvalue weighted by Gasteiger charge is -2.15. The Labute approximate surface area is 112 Å². The Bertz CT molecular complexity index is 719. The minimum absolute atomic E-state index is 0.104. The van der Waals surface area contributed by atoms with Crippen LogP contribution in [0, 0.1) is 6.92 Å². The molecule has 0 aliphatic heterocycles. The number of benzene rings is 2. The molecule has 0 spiro atoms. The highest BCUT2D eigenvalue weighted by Crippen LogP contribution is 2.24. The lowest BCUT2D eigenvalue weighted by molar-refractivity contribution is 0.863. The van der Waals surface area contributed by atoms with Gasteiger partial charge in [-0.3, -0.25) is 4.98 Å². The molecule has 1 atom stereocenters. The van der Waals surface area contributed by atoms with Gasteiger partial charge in [0.15, 0.2) is 0 Å². The molecule has 0 aliphatic carbocycles. The van der Waals surface area contributed by atoms with Gasteiger partial charge in [-0.2, -0.15) is 0 Å². The Morgan fingerprint density at radius 3 is 2.68 bits per heavy atom. The third kappa shape index (κ3) is 2.23. The monoisotopic (exact) mass is 248 g/mol. The second-order valence-corrected chi connectivity index (χ2v) is 4.79. The molecule has 0 saturated heterocycles. The van der Waals surface area contributed by atoms with Crippen molar-refractivity contribution in [3.63, 3.8) is 0 Å². The average Bonchev–Trinajstić information content (AvgIpc) is 2.46. The molecule has 0 saturated carbocycles. The van der Waals surface area contributed by atoms with Gasteiger partial charge in [0.05, 0.1) is 11.6 Å². The van der Waals surface area contributed by atoms with Gasteiger partial charge in [0, 0.05) is 11.6 Å². The van der Waals surface area contributed by atoms with Crippen molar-refractivity contribution in [2.45, 2.75) is 13.0 Å². The van der Waals surface area contributed by atoms with Crippen LogP contribution < -0.4 is 5.73 Å². The molecule has 19 heavy (non-hydrogen) atoms. The van der Waals surface area contributed by atoms with E-state index in [9.17, 15) is 0 Å². The number of hydrogen-bond acceptors (Lipinski definition) is 2. The average molecular weight is 248 g/mol. The Kier molecular flexibility index (Phi) is 3.02. The molecule has 2 nitrogen and oxygen atoms in total. The van der Waals surface area contributed by atoms with E-state index < -0.39 is 0 Å². The van der Waals surface area contributed by atoms with Crippen molar-refractivity contribution in [3.05, 3.63) is 77.5 Å². The normalized spacial score (nSPS) is 12.5. The van der Waals surface area contributed by atoms with Gasteiger partial charge in [0.25, 0.3) is 0 Å². The summed E-state index contributed by atoms with van der Waals surface area (Å²) >= 11 is 0. The maximum atomic E-state index is 6.38. The van der Waals surface area contributed by atoms with Crippen LogP contribution in [0.2, 0.25) is 0 Å². The highest BCUT2D eigenvalue weighted by Gasteiger charge is 2.11. The Morgan fingerprint density at radius 1 is 1.00 bits per heavy atom. The highest BCUT2D eigenvalue weighted by atomic mass is 14.7. The molecule has 3 aromatic rings. The van der Waals surface area contributed by atoms with Crippen LogP contribution >= 0.6 is 0 Å². The second-order valence-electron chi connectivity index (χ2n) is 4.79. The quantitative estimate of drug-likeness (QED) is 0.752. The van der Waals surface area contributed by atoms with Crippen LogP contribution in [0.15, 0.2) is 60.8 Å². The van der Waals surface area contributed by atoms with Crippen LogP contribution in [0.25, 0.3) is 10.9 Å². The van der Waals surface area contributed by atoms with Crippen molar-refractivity contribution in [1.29, 1.82) is 0 Å². The summed E-state index contributed by atoms with van der Waals surface area (Å²) in [4.78, 5) is 4.38. The first-order valence-corrected chi connectivity index (χ1v) is 6.41. The molecule has 0 radical (unpaired) electrons. The first kappa shape index (κ1) is 11.9. The zero-order valence-electron chi connectivity index (χ0n) is 10.9. The Morgan fingerprint density at radius 2 is 1.84 bits per heavy atom. The zero-order valence-corrected chi connectivity index (χ0v) is 10.9. The van der Waals surface area contributed by atoms with Gasteiger partial charge in [-0.15, -0.1) is 0 Å². The predicted octanol–water partition coefficient (Wildman–Crippen LogP) is 3.59. The van der Waals surface area contributed by atoms with E-state index in [1.807, 2.05) is 24.4 Å². The Balaban J connectivity index is 2.07. The highest BCUT2D eigenvalue weighted by molar-refractivity contribution is 5.79. The van der Waals surface area contributed by atoms with Crippen LogP contribution in [-0.4, -0.2) is 4.98 Å². The van der Waals surface area contributed by atoms with Gasteiger partial charge < -0.3 is 5.73 Å². The van der Waals surface area contributed by atoms with Crippen molar-refractivity contribution in [1.82, 2.24) is 4.98 Å². The number of nitrogens with two attached hydrogens (primary N) is 1. The van der Waals surface area contributed by atoms with E-state index in [1.165, 1.54) is 5.56 Å². The molecule has 2 heteroatoms. The predicted molar refractivity (Wildman–Crippen MR) is 79.0 cm³/mol. The molecule has 0 amide bonds. The summed E-state index contributed by atoms with van der Waals surface area (Å²) in [5.41, 5.74) is 10.9. The van der Waals surface area contributed by atoms with Gasteiger partial charge in [-0.25, -0.2) is 0 Å². The van der Waals surface area contributed by atoms with E-state index in [0.29, 0.717) is 0 Å². The molecule has 0 bridgehead atoms. The molecule has 2 N–H and O–H groups in total. The SMILES string of the molecule is Cc1ccccc1C(N)c1ccc2cccnc2c1. The maximum Gasteiger partial charge on any atom is 0.0705 e. The summed E-state index contributed by atoms with van der Waals surface area (Å²) in [6.45, 7) is 2.09. The summed E-state index contributed by atoms with van der Waals surface area (Å²) in [5, 5.41) is 1.14. The largest absolute Gasteiger partial charge is 0.320 e. The summed E-state index contributed by atoms with van der Waals surface area (Å²) in [6.07, 6.45) is 1.81. The van der Waals surface area contributed by atoms with E-state index >= 15 is 0 Å². The van der Waals surface area contributed by atoms with Crippen LogP contribution in [0.5, 0.6) is 0 Å². The van der Waals surface area contributed by atoms with Crippen molar-refractivity contribution in [3.8, 4) is 0 Å². The number of pyridine rings is 1. The zero-order chi connectivity index (χ0) is 13.2. The molecule has 2 aromatic carbocycles. The van der Waals surface area contributed by atoms with Gasteiger partial charge in [-0.05, 0) is 35.7 Å². The number of hydrogen-bond donors (Lipinski definition) is 1. The molecule has 1 unspecified atom stereocenters. The van der Waals surface area contributed by atoms with Gasteiger partial charge >= 0.3 is 0 Å². The van der Waals surface area contributed by atoms with Gasteiger partial charge in [0.2, 0.25) is 0 Å². The second kappa shape index (κ2) is 4.82. The molecule has 0 fully saturated rings. The maximum absolute atomic E-state index is 6.38. The van der Waals surface area contributed by atoms with E-state index in [1.54, 1.807) is 0 Å². The van der Waals surface area contributed by atoms with Crippen LogP contribution in [-0.2, 0) is 0 Å². The van der Waals surface area contributed by atoms with Crippen molar-refractivity contribution in [2.75, 3.05) is 0 Å². The minimum atomic E-state index is -0.104. The van der Waals surface area contributed by atoms with E-state index in [0.717, 1.165) is 22.0 Å². The van der Waals surface area contributed by atoms with Crippen molar-refractivity contribution >= 4 is 10.9 Å². The smallest absolute Gasteiger partial charge is 0.0705 e. The summed E-state index contributed by atoms with van der Waals surface area (Å²) < 4.78 is 0. The number of aromatic nitrogens is 1. The standard InChI is InChI=1S/C17H16N2/c1-12-5-2-3-7-15(12)17(18)14-9-8-13-6-4-10-19-16(13)11-14/h2-11,17H,18H2,1H3. The number of aryl methyl sites for hydroxylation is 1. The van der Waals surface area contributed by atoms with E-state index in [2.05, 4.69) is 48.3 Å². The van der Waals surface area contributed by atoms with Gasteiger partial charge in [0.1, 0.15) is 0 Å². The summed E-state index contributed by atoms with van der Waals surface area (Å²) in [7, 11) is 0. The van der Waals surface area contributed by atoms with Crippen molar-refractivity contribution < 1.29 is 0 Å². The third-order valence-corrected chi connectivity index (χ3v) is 3.51. The van der Waals surface area contributed by atoms with E-state index in [4.69, 9.17) is 5.73 Å². The van der Waals surface area contributed by atoms with Gasteiger partial charge in [-0.1, -0.05) is 42.5 Å². The molecular formula is C17H16N2. The topological polar surface area (TPSA) is 38.9 Å². The molecule has 0 aliphatic rings. The van der Waals surface area contributed by atoms with Crippen LogP contribution in [0.4, 0.5) is 0 Å². The molecule has 1 aromatic heterocycles. The fourth-order valence-corrected chi connectivity index (χ4v) is 2.39. The first-order valence-electron chi connectivity index (χ1n) is 6.41. The minimum Gasteiger partial charge on any atom is -0.320 e. The summed E-state index contributed by atoms with van der Waals surface area (Å²) in [6, 6.07) is 18.4. The lowest BCUT2D eigenvalue weighted by atomic mass is 9.95. The summed E-state index contributed by atoms with van der Waals surface area (Å²) in [5.74, 6) is 0. The number of fused-ring (bicyclic) bond motifs is 1. The molecule has 3 rings (SSSR count). The van der Waals surface area contributed by atoms with Crippen LogP contribution in [0.1, 0.15) is 22.7 Å². The molecular weight excluding hydrogens is 232 g/mol. The lowest BCUT2D eigenvalue weighted by Crippen LogP contribution is -2.13. The number of rotatable bonds is 2. The number of nitrogens with zero attached hydrogens (tertiary/aromatic N) is 1. The fourth-order valence-electron chi connectivity index (χ4n) is 2.39. The van der Waals surface area contributed by atoms with E-state index in [-0.39, 0.29) is 6.04 Å². The fraction of sp³-hybridized carbons (Fsp3) is 0.118. The molecule has 1 heterocycles.